The molecular formula is C28H30N4O3. The Balaban J connectivity index is 1.30. The number of carbonyl (C=O) groups excluding carboxylic acids is 1. The van der Waals surface area contributed by atoms with Crippen LogP contribution < -0.4 is 4.90 Å². The summed E-state index contributed by atoms with van der Waals surface area (Å²) in [6.45, 7) is 6.19. The number of hydrogen-bond donors (Lipinski definition) is 0. The molecule has 35 heavy (non-hydrogen) atoms. The Bertz CT molecular complexity index is 1300. The van der Waals surface area contributed by atoms with Gasteiger partial charge in [0, 0.05) is 44.7 Å². The summed E-state index contributed by atoms with van der Waals surface area (Å²) >= 11 is 0. The number of ether oxygens (including phenoxy) is 2. The first-order chi connectivity index (χ1) is 17.1. The first-order valence-electron chi connectivity index (χ1n) is 11.9. The van der Waals surface area contributed by atoms with Crippen LogP contribution in [0.4, 0.5) is 5.69 Å². The van der Waals surface area contributed by atoms with Crippen LogP contribution in [0.2, 0.25) is 0 Å². The van der Waals surface area contributed by atoms with Gasteiger partial charge >= 0.3 is 5.97 Å². The van der Waals surface area contributed by atoms with Crippen LogP contribution in [-0.2, 0) is 16.1 Å². The smallest absolute Gasteiger partial charge is 0.338 e. The number of imidazole rings is 1. The molecule has 5 rings (SSSR count). The van der Waals surface area contributed by atoms with E-state index in [1.165, 1.54) is 5.69 Å². The Morgan fingerprint density at radius 1 is 0.943 bits per heavy atom. The minimum atomic E-state index is -0.353. The van der Waals surface area contributed by atoms with E-state index in [9.17, 15) is 4.79 Å². The molecule has 4 aromatic rings. The van der Waals surface area contributed by atoms with Gasteiger partial charge in [0.25, 0.3) is 0 Å². The van der Waals surface area contributed by atoms with Crippen molar-refractivity contribution in [3.05, 3.63) is 90.3 Å². The predicted octanol–water partition coefficient (Wildman–Crippen LogP) is 4.50. The van der Waals surface area contributed by atoms with Gasteiger partial charge in [-0.15, -0.1) is 0 Å². The van der Waals surface area contributed by atoms with Gasteiger partial charge in [0.15, 0.2) is 0 Å². The molecule has 3 aromatic carbocycles. The average Bonchev–Trinajstić information content (AvgIpc) is 3.35. The largest absolute Gasteiger partial charge is 0.457 e. The normalized spacial score (nSPS) is 15.3. The number of methoxy groups -OCH3 is 1. The summed E-state index contributed by atoms with van der Waals surface area (Å²) in [5.74, 6) is -0.353. The van der Waals surface area contributed by atoms with E-state index in [0.717, 1.165) is 48.5 Å². The lowest BCUT2D eigenvalue weighted by Gasteiger charge is -2.38. The quantitative estimate of drug-likeness (QED) is 0.371. The minimum absolute atomic E-state index is 0.140. The van der Waals surface area contributed by atoms with Crippen LogP contribution in [0.1, 0.15) is 22.8 Å². The highest BCUT2D eigenvalue weighted by Crippen LogP contribution is 2.25. The lowest BCUT2D eigenvalue weighted by molar-refractivity contribution is -0.0212. The number of anilines is 1. The molecule has 0 N–H and O–H groups in total. The van der Waals surface area contributed by atoms with E-state index >= 15 is 0 Å². The van der Waals surface area contributed by atoms with Crippen LogP contribution in [0.5, 0.6) is 0 Å². The molecule has 0 aliphatic carbocycles. The van der Waals surface area contributed by atoms with Gasteiger partial charge in [0.2, 0.25) is 0 Å². The van der Waals surface area contributed by atoms with Gasteiger partial charge in [-0.3, -0.25) is 9.47 Å². The van der Waals surface area contributed by atoms with Gasteiger partial charge in [-0.05, 0) is 48.9 Å². The molecule has 0 spiro atoms. The lowest BCUT2D eigenvalue weighted by Crippen LogP contribution is -2.50. The maximum Gasteiger partial charge on any atom is 0.338 e. The standard InChI is InChI=1S/C28H30N4O3/c1-21(34-2)30-13-15-31(16-14-30)24-9-6-10-25(18-24)32-20-29-26-17-23(11-12-27(26)32)28(33)35-19-22-7-4-3-5-8-22/h3-12,17-18,20-21H,13-16,19H2,1-2H3. The van der Waals surface area contributed by atoms with Crippen LogP contribution >= 0.6 is 0 Å². The molecular weight excluding hydrogens is 440 g/mol. The third-order valence-corrected chi connectivity index (χ3v) is 6.64. The van der Waals surface area contributed by atoms with E-state index in [1.807, 2.05) is 36.4 Å². The van der Waals surface area contributed by atoms with Crippen molar-refractivity contribution in [2.75, 3.05) is 38.2 Å². The highest BCUT2D eigenvalue weighted by atomic mass is 16.5. The molecule has 1 atom stereocenters. The van der Waals surface area contributed by atoms with Crippen LogP contribution in [0.15, 0.2) is 79.1 Å². The molecule has 1 saturated heterocycles. The van der Waals surface area contributed by atoms with Crippen LogP contribution in [0.3, 0.4) is 0 Å². The molecule has 7 heteroatoms. The third kappa shape index (κ3) is 5.06. The van der Waals surface area contributed by atoms with Crippen molar-refractivity contribution in [1.29, 1.82) is 0 Å². The van der Waals surface area contributed by atoms with E-state index in [4.69, 9.17) is 9.47 Å². The van der Waals surface area contributed by atoms with Gasteiger partial charge in [-0.1, -0.05) is 36.4 Å². The van der Waals surface area contributed by atoms with Gasteiger partial charge in [-0.2, -0.15) is 0 Å². The van der Waals surface area contributed by atoms with E-state index in [-0.39, 0.29) is 18.8 Å². The molecule has 0 radical (unpaired) electrons. The second-order valence-electron chi connectivity index (χ2n) is 8.76. The maximum atomic E-state index is 12.6. The van der Waals surface area contributed by atoms with Crippen LogP contribution in [0, 0.1) is 0 Å². The van der Waals surface area contributed by atoms with E-state index in [0.29, 0.717) is 5.56 Å². The summed E-state index contributed by atoms with van der Waals surface area (Å²) in [5, 5.41) is 0. The van der Waals surface area contributed by atoms with E-state index in [2.05, 4.69) is 50.5 Å². The summed E-state index contributed by atoms with van der Waals surface area (Å²) in [6, 6.07) is 23.7. The first-order valence-corrected chi connectivity index (χ1v) is 11.9. The zero-order valence-electron chi connectivity index (χ0n) is 20.1. The second kappa shape index (κ2) is 10.3. The van der Waals surface area contributed by atoms with Crippen molar-refractivity contribution in [2.45, 2.75) is 19.8 Å². The second-order valence-corrected chi connectivity index (χ2v) is 8.76. The molecule has 0 saturated carbocycles. The fourth-order valence-electron chi connectivity index (χ4n) is 4.48. The summed E-state index contributed by atoms with van der Waals surface area (Å²) < 4.78 is 13.0. The van der Waals surface area contributed by atoms with Crippen molar-refractivity contribution >= 4 is 22.7 Å². The van der Waals surface area contributed by atoms with E-state index in [1.54, 1.807) is 25.6 Å². The van der Waals surface area contributed by atoms with Crippen LogP contribution in [-0.4, -0.2) is 59.9 Å². The minimum Gasteiger partial charge on any atom is -0.457 e. The van der Waals surface area contributed by atoms with Gasteiger partial charge in [0.1, 0.15) is 19.2 Å². The third-order valence-electron chi connectivity index (χ3n) is 6.64. The number of piperazine rings is 1. The molecule has 1 aliphatic heterocycles. The van der Waals surface area contributed by atoms with Gasteiger partial charge in [0.05, 0.1) is 16.6 Å². The lowest BCUT2D eigenvalue weighted by atomic mass is 10.2. The fourth-order valence-corrected chi connectivity index (χ4v) is 4.48. The monoisotopic (exact) mass is 470 g/mol. The number of carbonyl (C=O) groups is 1. The van der Waals surface area contributed by atoms with Crippen molar-refractivity contribution in [2.24, 2.45) is 0 Å². The molecule has 1 fully saturated rings. The number of fused-ring (bicyclic) bond motifs is 1. The van der Waals surface area contributed by atoms with Gasteiger partial charge < -0.3 is 14.4 Å². The SMILES string of the molecule is COC(C)N1CCN(c2cccc(-n3cnc4cc(C(=O)OCc5ccccc5)ccc43)c2)CC1. The molecule has 180 valence electrons. The number of rotatable bonds is 7. The Labute approximate surface area is 205 Å². The number of hydrogen-bond acceptors (Lipinski definition) is 6. The Morgan fingerprint density at radius 3 is 2.49 bits per heavy atom. The number of benzene rings is 3. The molecule has 7 nitrogen and oxygen atoms in total. The number of aromatic nitrogens is 2. The number of esters is 1. The zero-order chi connectivity index (χ0) is 24.2. The summed E-state index contributed by atoms with van der Waals surface area (Å²) in [7, 11) is 1.76. The molecule has 1 aromatic heterocycles. The Hall–Kier alpha value is -3.68. The van der Waals surface area contributed by atoms with Crippen LogP contribution in [0.25, 0.3) is 16.7 Å². The fraction of sp³-hybridized carbons (Fsp3) is 0.286. The van der Waals surface area contributed by atoms with Crippen molar-refractivity contribution in [3.8, 4) is 5.69 Å². The first kappa shape index (κ1) is 23.1. The van der Waals surface area contributed by atoms with Gasteiger partial charge in [-0.25, -0.2) is 9.78 Å². The Kier molecular flexibility index (Phi) is 6.79. The highest BCUT2D eigenvalue weighted by Gasteiger charge is 2.21. The topological polar surface area (TPSA) is 59.8 Å². The summed E-state index contributed by atoms with van der Waals surface area (Å²) in [4.78, 5) is 21.9. The molecule has 2 heterocycles. The number of nitrogens with zero attached hydrogens (tertiary/aromatic N) is 4. The highest BCUT2D eigenvalue weighted by molar-refractivity contribution is 5.94. The zero-order valence-corrected chi connectivity index (χ0v) is 20.1. The van der Waals surface area contributed by atoms with Crippen molar-refractivity contribution < 1.29 is 14.3 Å². The predicted molar refractivity (Wildman–Crippen MR) is 137 cm³/mol. The van der Waals surface area contributed by atoms with Crippen molar-refractivity contribution in [1.82, 2.24) is 14.5 Å². The maximum absolute atomic E-state index is 12.6. The molecule has 0 amide bonds. The van der Waals surface area contributed by atoms with E-state index < -0.39 is 0 Å². The summed E-state index contributed by atoms with van der Waals surface area (Å²) in [5.41, 5.74) is 5.39. The molecule has 0 bridgehead atoms. The molecule has 1 unspecified atom stereocenters. The average molecular weight is 471 g/mol. The summed E-state index contributed by atoms with van der Waals surface area (Å²) in [6.07, 6.45) is 1.95. The molecule has 1 aliphatic rings. The Morgan fingerprint density at radius 2 is 1.71 bits per heavy atom. The van der Waals surface area contributed by atoms with Crippen molar-refractivity contribution in [3.63, 3.8) is 0 Å².